The average molecular weight is 280 g/mol. The van der Waals surface area contributed by atoms with Crippen LogP contribution in [0.1, 0.15) is 32.6 Å². The summed E-state index contributed by atoms with van der Waals surface area (Å²) >= 11 is 0. The smallest absolute Gasteiger partial charge is 0.330 e. The van der Waals surface area contributed by atoms with Crippen molar-refractivity contribution in [2.24, 2.45) is 0 Å². The van der Waals surface area contributed by atoms with Crippen molar-refractivity contribution in [3.8, 4) is 0 Å². The van der Waals surface area contributed by atoms with Gasteiger partial charge in [0.2, 0.25) is 11.8 Å². The van der Waals surface area contributed by atoms with Crippen LogP contribution < -0.4 is 10.7 Å². The minimum absolute atomic E-state index is 0.0994. The average Bonchev–Trinajstić information content (AvgIpc) is 2.46. The molecule has 8 heteroatoms. The summed E-state index contributed by atoms with van der Waals surface area (Å²) in [5.41, 5.74) is 2.95. The highest BCUT2D eigenvalue weighted by molar-refractivity contribution is 5.56. The van der Waals surface area contributed by atoms with Gasteiger partial charge in [-0.3, -0.25) is 15.5 Å². The molecule has 8 nitrogen and oxygen atoms in total. The van der Waals surface area contributed by atoms with Crippen molar-refractivity contribution >= 4 is 17.5 Å². The van der Waals surface area contributed by atoms with E-state index in [2.05, 4.69) is 20.7 Å². The molecule has 0 radical (unpaired) electrons. The van der Waals surface area contributed by atoms with Gasteiger partial charge in [-0.15, -0.1) is 0 Å². The first-order chi connectivity index (χ1) is 9.70. The summed E-state index contributed by atoms with van der Waals surface area (Å²) in [7, 11) is 0. The molecule has 1 aromatic heterocycles. The summed E-state index contributed by atoms with van der Waals surface area (Å²) in [4.78, 5) is 18.8. The lowest BCUT2D eigenvalue weighted by molar-refractivity contribution is -0.384. The molecule has 0 saturated carbocycles. The van der Waals surface area contributed by atoms with E-state index in [4.69, 9.17) is 0 Å². The van der Waals surface area contributed by atoms with Crippen molar-refractivity contribution < 1.29 is 4.92 Å². The summed E-state index contributed by atoms with van der Waals surface area (Å²) in [6.45, 7) is 4.52. The second kappa shape index (κ2) is 6.99. The first-order valence-corrected chi connectivity index (χ1v) is 6.97. The second-order valence-electron chi connectivity index (χ2n) is 4.77. The predicted octanol–water partition coefficient (Wildman–Crippen LogP) is 2.02. The number of piperidine rings is 1. The van der Waals surface area contributed by atoms with Gasteiger partial charge in [-0.05, 0) is 19.3 Å². The fraction of sp³-hybridized carbons (Fsp3) is 0.667. The maximum atomic E-state index is 11.0. The zero-order valence-electron chi connectivity index (χ0n) is 11.6. The van der Waals surface area contributed by atoms with E-state index in [9.17, 15) is 10.1 Å². The SMILES string of the molecule is CCCNc1ncc([N+](=O)[O-])c(NN2CCCCC2)n1. The van der Waals surface area contributed by atoms with Crippen molar-refractivity contribution in [1.82, 2.24) is 15.0 Å². The van der Waals surface area contributed by atoms with Gasteiger partial charge in [0.15, 0.2) is 0 Å². The maximum Gasteiger partial charge on any atom is 0.330 e. The van der Waals surface area contributed by atoms with E-state index < -0.39 is 4.92 Å². The standard InChI is InChI=1S/C12H20N6O2/c1-2-6-13-12-14-9-10(18(19)20)11(15-12)16-17-7-4-3-5-8-17/h9H,2-8H2,1H3,(H2,13,14,15,16). The van der Waals surface area contributed by atoms with E-state index in [1.807, 2.05) is 11.9 Å². The molecule has 0 aliphatic carbocycles. The Hall–Kier alpha value is -1.96. The third-order valence-electron chi connectivity index (χ3n) is 3.12. The van der Waals surface area contributed by atoms with Crippen LogP contribution in [0.3, 0.4) is 0 Å². The van der Waals surface area contributed by atoms with Gasteiger partial charge in [0.25, 0.3) is 0 Å². The molecule has 1 aliphatic rings. The molecule has 1 aromatic rings. The second-order valence-corrected chi connectivity index (χ2v) is 4.77. The lowest BCUT2D eigenvalue weighted by Gasteiger charge is -2.27. The summed E-state index contributed by atoms with van der Waals surface area (Å²) in [6, 6.07) is 0. The number of hydrogen-bond acceptors (Lipinski definition) is 7. The Morgan fingerprint density at radius 2 is 2.15 bits per heavy atom. The Balaban J connectivity index is 2.14. The van der Waals surface area contributed by atoms with Crippen LogP contribution in [0.2, 0.25) is 0 Å². The number of aromatic nitrogens is 2. The number of anilines is 2. The van der Waals surface area contributed by atoms with Gasteiger partial charge in [0.05, 0.1) is 4.92 Å². The molecule has 1 saturated heterocycles. The van der Waals surface area contributed by atoms with Gasteiger partial charge in [-0.1, -0.05) is 13.3 Å². The number of hydrogen-bond donors (Lipinski definition) is 2. The van der Waals surface area contributed by atoms with Crippen LogP contribution in [0.25, 0.3) is 0 Å². The Morgan fingerprint density at radius 3 is 2.80 bits per heavy atom. The monoisotopic (exact) mass is 280 g/mol. The largest absolute Gasteiger partial charge is 0.354 e. The first-order valence-electron chi connectivity index (χ1n) is 6.97. The number of hydrazine groups is 1. The maximum absolute atomic E-state index is 11.0. The minimum Gasteiger partial charge on any atom is -0.354 e. The Morgan fingerprint density at radius 1 is 1.40 bits per heavy atom. The van der Waals surface area contributed by atoms with Crippen molar-refractivity contribution in [3.63, 3.8) is 0 Å². The molecule has 1 fully saturated rings. The van der Waals surface area contributed by atoms with Crippen LogP contribution in [-0.2, 0) is 0 Å². The number of rotatable bonds is 6. The summed E-state index contributed by atoms with van der Waals surface area (Å²) < 4.78 is 0. The number of nitro groups is 1. The minimum atomic E-state index is -0.462. The molecular weight excluding hydrogens is 260 g/mol. The number of nitrogens with one attached hydrogen (secondary N) is 2. The van der Waals surface area contributed by atoms with Gasteiger partial charge < -0.3 is 5.32 Å². The van der Waals surface area contributed by atoms with Crippen LogP contribution >= 0.6 is 0 Å². The van der Waals surface area contributed by atoms with Gasteiger partial charge in [0, 0.05) is 19.6 Å². The Bertz CT molecular complexity index is 461. The highest BCUT2D eigenvalue weighted by Gasteiger charge is 2.20. The van der Waals surface area contributed by atoms with E-state index in [0.29, 0.717) is 5.95 Å². The van der Waals surface area contributed by atoms with E-state index in [-0.39, 0.29) is 11.5 Å². The molecule has 1 aliphatic heterocycles. The third kappa shape index (κ3) is 3.77. The predicted molar refractivity (Wildman–Crippen MR) is 76.5 cm³/mol. The van der Waals surface area contributed by atoms with Crippen LogP contribution in [0, 0.1) is 10.1 Å². The molecule has 0 spiro atoms. The molecule has 20 heavy (non-hydrogen) atoms. The Kier molecular flexibility index (Phi) is 5.05. The van der Waals surface area contributed by atoms with Crippen molar-refractivity contribution in [2.45, 2.75) is 32.6 Å². The molecule has 0 unspecified atom stereocenters. The zero-order chi connectivity index (χ0) is 14.4. The highest BCUT2D eigenvalue weighted by Crippen LogP contribution is 2.23. The van der Waals surface area contributed by atoms with Crippen molar-refractivity contribution in [1.29, 1.82) is 0 Å². The molecule has 0 bridgehead atoms. The van der Waals surface area contributed by atoms with Gasteiger partial charge in [0.1, 0.15) is 6.20 Å². The van der Waals surface area contributed by atoms with Crippen molar-refractivity contribution in [2.75, 3.05) is 30.4 Å². The van der Waals surface area contributed by atoms with Gasteiger partial charge in [-0.25, -0.2) is 9.99 Å². The summed E-state index contributed by atoms with van der Waals surface area (Å²) in [5, 5.41) is 16.0. The topological polar surface area (TPSA) is 96.2 Å². The van der Waals surface area contributed by atoms with Crippen LogP contribution in [0.4, 0.5) is 17.5 Å². The molecule has 2 N–H and O–H groups in total. The molecule has 0 aromatic carbocycles. The lowest BCUT2D eigenvalue weighted by atomic mass is 10.2. The molecule has 2 heterocycles. The van der Waals surface area contributed by atoms with Gasteiger partial charge >= 0.3 is 5.69 Å². The van der Waals surface area contributed by atoms with Crippen molar-refractivity contribution in [3.05, 3.63) is 16.3 Å². The normalized spacial score (nSPS) is 15.8. The van der Waals surface area contributed by atoms with Crippen LogP contribution in [-0.4, -0.2) is 39.5 Å². The third-order valence-corrected chi connectivity index (χ3v) is 3.12. The zero-order valence-corrected chi connectivity index (χ0v) is 11.6. The molecule has 0 atom stereocenters. The van der Waals surface area contributed by atoms with E-state index in [1.54, 1.807) is 0 Å². The highest BCUT2D eigenvalue weighted by atomic mass is 16.6. The molecular formula is C12H20N6O2. The fourth-order valence-corrected chi connectivity index (χ4v) is 2.07. The van der Waals surface area contributed by atoms with E-state index in [0.717, 1.165) is 38.9 Å². The summed E-state index contributed by atoms with van der Waals surface area (Å²) in [5.74, 6) is 0.669. The molecule has 110 valence electrons. The van der Waals surface area contributed by atoms with Crippen LogP contribution in [0.5, 0.6) is 0 Å². The molecule has 0 amide bonds. The van der Waals surface area contributed by atoms with E-state index in [1.165, 1.54) is 12.6 Å². The molecule has 2 rings (SSSR count). The summed E-state index contributed by atoms with van der Waals surface area (Å²) in [6.07, 6.45) is 5.57. The Labute approximate surface area is 117 Å². The number of nitrogens with zero attached hydrogens (tertiary/aromatic N) is 4. The van der Waals surface area contributed by atoms with E-state index >= 15 is 0 Å². The quantitative estimate of drug-likeness (QED) is 0.607. The van der Waals surface area contributed by atoms with Gasteiger partial charge in [-0.2, -0.15) is 4.98 Å². The fourth-order valence-electron chi connectivity index (χ4n) is 2.07. The lowest BCUT2D eigenvalue weighted by Crippen LogP contribution is -2.35. The van der Waals surface area contributed by atoms with Crippen LogP contribution in [0.15, 0.2) is 6.20 Å². The first kappa shape index (κ1) is 14.4.